The van der Waals surface area contributed by atoms with Gasteiger partial charge in [-0.05, 0) is 24.3 Å². The molecule has 0 spiro atoms. The lowest BCUT2D eigenvalue weighted by Crippen LogP contribution is -2.17. The largest absolute Gasteiger partial charge is 0.573 e. The third-order valence-corrected chi connectivity index (χ3v) is 1.80. The minimum atomic E-state index is -4.86. The van der Waals surface area contributed by atoms with E-state index in [0.717, 1.165) is 37.5 Å². The molecule has 3 nitrogen and oxygen atoms in total. The van der Waals surface area contributed by atoms with Crippen LogP contribution in [0.4, 0.5) is 17.6 Å². The van der Waals surface area contributed by atoms with Crippen LogP contribution in [0.1, 0.15) is 5.56 Å². The first kappa shape index (κ1) is 14.0. The molecule has 1 rings (SSSR count). The van der Waals surface area contributed by atoms with Gasteiger partial charge in [0.25, 0.3) is 0 Å². The molecule has 0 unspecified atom stereocenters. The van der Waals surface area contributed by atoms with Gasteiger partial charge < -0.3 is 9.47 Å². The van der Waals surface area contributed by atoms with Crippen molar-refractivity contribution in [1.82, 2.24) is 0 Å². The van der Waals surface area contributed by atoms with Gasteiger partial charge in [-0.3, -0.25) is 0 Å². The molecule has 0 saturated heterocycles. The van der Waals surface area contributed by atoms with Gasteiger partial charge in [0.05, 0.1) is 7.11 Å². The number of rotatable bonds is 3. The van der Waals surface area contributed by atoms with Crippen molar-refractivity contribution in [2.24, 2.45) is 0 Å². The van der Waals surface area contributed by atoms with E-state index in [4.69, 9.17) is 0 Å². The van der Waals surface area contributed by atoms with Crippen molar-refractivity contribution in [2.45, 2.75) is 6.36 Å². The van der Waals surface area contributed by atoms with E-state index in [2.05, 4.69) is 9.47 Å². The Labute approximate surface area is 99.6 Å². The Kier molecular flexibility index (Phi) is 4.30. The molecule has 0 aliphatic heterocycles. The standard InChI is InChI=1S/C11H8F4O3/c1-17-10(16)5-2-7-6-8(3-4-9(7)12)18-11(13,14)15/h2-6H,1H3. The topological polar surface area (TPSA) is 35.5 Å². The highest BCUT2D eigenvalue weighted by Gasteiger charge is 2.31. The van der Waals surface area contributed by atoms with Crippen LogP contribution in [0.15, 0.2) is 24.3 Å². The lowest BCUT2D eigenvalue weighted by molar-refractivity contribution is -0.274. The first-order chi connectivity index (χ1) is 8.31. The number of alkyl halides is 3. The fraction of sp³-hybridized carbons (Fsp3) is 0.182. The van der Waals surface area contributed by atoms with E-state index in [1.54, 1.807) is 0 Å². The monoisotopic (exact) mass is 264 g/mol. The zero-order chi connectivity index (χ0) is 13.8. The molecule has 0 radical (unpaired) electrons. The molecule has 0 saturated carbocycles. The van der Waals surface area contributed by atoms with Crippen molar-refractivity contribution in [3.05, 3.63) is 35.7 Å². The van der Waals surface area contributed by atoms with Crippen LogP contribution in [-0.2, 0) is 9.53 Å². The van der Waals surface area contributed by atoms with E-state index in [1.165, 1.54) is 0 Å². The van der Waals surface area contributed by atoms with E-state index >= 15 is 0 Å². The van der Waals surface area contributed by atoms with Crippen LogP contribution >= 0.6 is 0 Å². The van der Waals surface area contributed by atoms with E-state index < -0.39 is 23.9 Å². The second-order valence-electron chi connectivity index (χ2n) is 3.09. The van der Waals surface area contributed by atoms with Crippen LogP contribution < -0.4 is 4.74 Å². The van der Waals surface area contributed by atoms with Crippen LogP contribution in [0.5, 0.6) is 5.75 Å². The Morgan fingerprint density at radius 3 is 2.56 bits per heavy atom. The Morgan fingerprint density at radius 2 is 2.00 bits per heavy atom. The van der Waals surface area contributed by atoms with Gasteiger partial charge in [0.2, 0.25) is 0 Å². The molecule has 0 atom stereocenters. The zero-order valence-corrected chi connectivity index (χ0v) is 9.12. The summed E-state index contributed by atoms with van der Waals surface area (Å²) in [7, 11) is 1.12. The summed E-state index contributed by atoms with van der Waals surface area (Å²) in [4.78, 5) is 10.8. The van der Waals surface area contributed by atoms with Crippen molar-refractivity contribution in [1.29, 1.82) is 0 Å². The van der Waals surface area contributed by atoms with Crippen LogP contribution in [0, 0.1) is 5.82 Å². The number of hydrogen-bond donors (Lipinski definition) is 0. The Bertz CT molecular complexity index is 466. The molecule has 0 aliphatic rings. The first-order valence-electron chi connectivity index (χ1n) is 4.63. The van der Waals surface area contributed by atoms with E-state index in [9.17, 15) is 22.4 Å². The number of halogens is 4. The minimum absolute atomic E-state index is 0.220. The van der Waals surface area contributed by atoms with Crippen molar-refractivity contribution < 1.29 is 31.8 Å². The summed E-state index contributed by atoms with van der Waals surface area (Å²) in [6.45, 7) is 0. The summed E-state index contributed by atoms with van der Waals surface area (Å²) in [6, 6.07) is 2.46. The fourth-order valence-electron chi connectivity index (χ4n) is 1.07. The SMILES string of the molecule is COC(=O)C=Cc1cc(OC(F)(F)F)ccc1F. The highest BCUT2D eigenvalue weighted by Crippen LogP contribution is 2.25. The van der Waals surface area contributed by atoms with Crippen molar-refractivity contribution in [3.63, 3.8) is 0 Å². The molecule has 0 fully saturated rings. The fourth-order valence-corrected chi connectivity index (χ4v) is 1.07. The number of esters is 1. The maximum absolute atomic E-state index is 13.2. The summed E-state index contributed by atoms with van der Waals surface area (Å²) >= 11 is 0. The van der Waals surface area contributed by atoms with Crippen molar-refractivity contribution in [2.75, 3.05) is 7.11 Å². The molecule has 0 bridgehead atoms. The molecule has 0 heterocycles. The number of methoxy groups -OCH3 is 1. The summed E-state index contributed by atoms with van der Waals surface area (Å²) in [5, 5.41) is 0. The Balaban J connectivity index is 2.95. The molecule has 0 amide bonds. The second-order valence-corrected chi connectivity index (χ2v) is 3.09. The lowest BCUT2D eigenvalue weighted by atomic mass is 10.2. The molecule has 7 heteroatoms. The number of hydrogen-bond acceptors (Lipinski definition) is 3. The van der Waals surface area contributed by atoms with Crippen molar-refractivity contribution in [3.8, 4) is 5.75 Å². The van der Waals surface area contributed by atoms with E-state index in [0.29, 0.717) is 0 Å². The molecule has 0 aliphatic carbocycles. The van der Waals surface area contributed by atoms with E-state index in [-0.39, 0.29) is 5.56 Å². The highest BCUT2D eigenvalue weighted by molar-refractivity contribution is 5.87. The van der Waals surface area contributed by atoms with Gasteiger partial charge >= 0.3 is 12.3 Å². The van der Waals surface area contributed by atoms with Gasteiger partial charge in [-0.1, -0.05) is 0 Å². The molecule has 0 aromatic heterocycles. The first-order valence-corrected chi connectivity index (χ1v) is 4.63. The normalized spacial score (nSPS) is 11.6. The summed E-state index contributed by atoms with van der Waals surface area (Å²) in [5.41, 5.74) is -0.220. The van der Waals surface area contributed by atoms with Gasteiger partial charge in [-0.2, -0.15) is 0 Å². The second kappa shape index (κ2) is 5.52. The molecular weight excluding hydrogens is 256 g/mol. The van der Waals surface area contributed by atoms with Crippen LogP contribution in [0.2, 0.25) is 0 Å². The number of carbonyl (C=O) groups excluding carboxylic acids is 1. The molecule has 18 heavy (non-hydrogen) atoms. The average Bonchev–Trinajstić information content (AvgIpc) is 2.27. The smallest absolute Gasteiger partial charge is 0.466 e. The summed E-state index contributed by atoms with van der Waals surface area (Å²) in [5.74, 6) is -2.12. The lowest BCUT2D eigenvalue weighted by Gasteiger charge is -2.09. The molecular formula is C11H8F4O3. The van der Waals surface area contributed by atoms with Crippen LogP contribution in [-0.4, -0.2) is 19.4 Å². The summed E-state index contributed by atoms with van der Waals surface area (Å²) in [6.07, 6.45) is -2.98. The predicted molar refractivity (Wildman–Crippen MR) is 54.1 cm³/mol. The number of ether oxygens (including phenoxy) is 2. The maximum Gasteiger partial charge on any atom is 0.573 e. The van der Waals surface area contributed by atoms with Gasteiger partial charge in [-0.15, -0.1) is 13.2 Å². The predicted octanol–water partition coefficient (Wildman–Crippen LogP) is 2.91. The Hall–Kier alpha value is -2.05. The molecule has 98 valence electrons. The van der Waals surface area contributed by atoms with Gasteiger partial charge in [0.15, 0.2) is 0 Å². The third kappa shape index (κ3) is 4.44. The number of benzene rings is 1. The van der Waals surface area contributed by atoms with Crippen LogP contribution in [0.25, 0.3) is 6.08 Å². The third-order valence-electron chi connectivity index (χ3n) is 1.80. The molecule has 1 aromatic rings. The van der Waals surface area contributed by atoms with E-state index in [1.807, 2.05) is 0 Å². The molecule has 1 aromatic carbocycles. The maximum atomic E-state index is 13.2. The summed E-state index contributed by atoms with van der Waals surface area (Å²) < 4.78 is 56.9. The highest BCUT2D eigenvalue weighted by atomic mass is 19.4. The minimum Gasteiger partial charge on any atom is -0.466 e. The average molecular weight is 264 g/mol. The van der Waals surface area contributed by atoms with Gasteiger partial charge in [-0.25, -0.2) is 9.18 Å². The van der Waals surface area contributed by atoms with Gasteiger partial charge in [0, 0.05) is 11.6 Å². The quantitative estimate of drug-likeness (QED) is 0.478. The van der Waals surface area contributed by atoms with Crippen LogP contribution in [0.3, 0.4) is 0 Å². The molecule has 0 N–H and O–H groups in total. The zero-order valence-electron chi connectivity index (χ0n) is 9.12. The van der Waals surface area contributed by atoms with Crippen molar-refractivity contribution >= 4 is 12.0 Å². The number of carbonyl (C=O) groups is 1. The van der Waals surface area contributed by atoms with Gasteiger partial charge in [0.1, 0.15) is 11.6 Å². The Morgan fingerprint density at radius 1 is 1.33 bits per heavy atom.